The average molecular weight is 188 g/mol. The first-order chi connectivity index (χ1) is 6.90. The van der Waals surface area contributed by atoms with E-state index in [1.807, 2.05) is 6.92 Å². The van der Waals surface area contributed by atoms with Crippen LogP contribution in [0.2, 0.25) is 0 Å². The molecule has 2 rings (SSSR count). The largest absolute Gasteiger partial charge is 0.240 e. The van der Waals surface area contributed by atoms with Gasteiger partial charge in [0, 0.05) is 18.8 Å². The highest BCUT2D eigenvalue weighted by Gasteiger charge is 2.04. The molecule has 70 valence electrons. The van der Waals surface area contributed by atoms with E-state index in [0.29, 0.717) is 17.5 Å². The van der Waals surface area contributed by atoms with Gasteiger partial charge in [-0.05, 0) is 6.07 Å². The van der Waals surface area contributed by atoms with Gasteiger partial charge in [0.2, 0.25) is 11.6 Å². The molecular weight excluding hydrogens is 180 g/mol. The second kappa shape index (κ2) is 3.82. The third-order valence-electron chi connectivity index (χ3n) is 1.60. The summed E-state index contributed by atoms with van der Waals surface area (Å²) in [5.74, 6) is 1.41. The molecule has 0 saturated carbocycles. The van der Waals surface area contributed by atoms with E-state index in [4.69, 9.17) is 0 Å². The van der Waals surface area contributed by atoms with Gasteiger partial charge in [-0.1, -0.05) is 6.92 Å². The fourth-order valence-corrected chi connectivity index (χ4v) is 0.896. The summed E-state index contributed by atoms with van der Waals surface area (Å²) in [4.78, 5) is 7.98. The highest BCUT2D eigenvalue weighted by molar-refractivity contribution is 5.39. The fourth-order valence-electron chi connectivity index (χ4n) is 0.896. The van der Waals surface area contributed by atoms with E-state index in [1.165, 1.54) is 0 Å². The number of hydrogen-bond donors (Lipinski definition) is 0. The zero-order valence-electron chi connectivity index (χ0n) is 7.62. The molecule has 2 heterocycles. The summed E-state index contributed by atoms with van der Waals surface area (Å²) in [6.07, 6.45) is 3.97. The van der Waals surface area contributed by atoms with Crippen LogP contribution in [0.3, 0.4) is 0 Å². The summed E-state index contributed by atoms with van der Waals surface area (Å²) in [6, 6.07) is 1.73. The molecule has 0 fully saturated rings. The average Bonchev–Trinajstić information content (AvgIpc) is 2.30. The molecular formula is C8H8N6. The second-order valence-corrected chi connectivity index (χ2v) is 2.57. The second-order valence-electron chi connectivity index (χ2n) is 2.57. The molecule has 0 saturated heterocycles. The van der Waals surface area contributed by atoms with Gasteiger partial charge in [-0.15, -0.1) is 20.4 Å². The number of aromatic nitrogens is 6. The molecule has 0 aliphatic rings. The van der Waals surface area contributed by atoms with Gasteiger partial charge in [0.05, 0.1) is 0 Å². The quantitative estimate of drug-likeness (QED) is 0.673. The maximum atomic E-state index is 3.99. The number of rotatable bonds is 2. The van der Waals surface area contributed by atoms with Crippen LogP contribution in [-0.2, 0) is 6.42 Å². The lowest BCUT2D eigenvalue weighted by molar-refractivity contribution is 0.769. The van der Waals surface area contributed by atoms with Crippen LogP contribution < -0.4 is 0 Å². The van der Waals surface area contributed by atoms with Crippen LogP contribution in [0, 0.1) is 0 Å². The molecule has 0 atom stereocenters. The van der Waals surface area contributed by atoms with E-state index < -0.39 is 0 Å². The third kappa shape index (κ3) is 1.68. The van der Waals surface area contributed by atoms with Crippen LogP contribution in [0.1, 0.15) is 12.7 Å². The Balaban J connectivity index is 2.34. The SMILES string of the molecule is CCc1nnc(-c2ncccn2)nn1. The number of aryl methyl sites for hydroxylation is 1. The Labute approximate surface area is 80.5 Å². The van der Waals surface area contributed by atoms with Crippen LogP contribution in [0.15, 0.2) is 18.5 Å². The van der Waals surface area contributed by atoms with E-state index in [1.54, 1.807) is 18.5 Å². The van der Waals surface area contributed by atoms with Gasteiger partial charge in [0.15, 0.2) is 5.82 Å². The maximum absolute atomic E-state index is 3.99. The molecule has 6 heteroatoms. The van der Waals surface area contributed by atoms with E-state index >= 15 is 0 Å². The van der Waals surface area contributed by atoms with Gasteiger partial charge in [0.25, 0.3) is 0 Å². The lowest BCUT2D eigenvalue weighted by Crippen LogP contribution is -2.03. The van der Waals surface area contributed by atoms with E-state index in [0.717, 1.165) is 6.42 Å². The Hall–Kier alpha value is -1.98. The summed E-state index contributed by atoms with van der Waals surface area (Å²) in [7, 11) is 0. The van der Waals surface area contributed by atoms with Crippen LogP contribution in [-0.4, -0.2) is 30.4 Å². The van der Waals surface area contributed by atoms with Crippen molar-refractivity contribution in [2.45, 2.75) is 13.3 Å². The topological polar surface area (TPSA) is 77.3 Å². The first kappa shape index (κ1) is 8.61. The summed E-state index contributed by atoms with van der Waals surface area (Å²) >= 11 is 0. The number of hydrogen-bond acceptors (Lipinski definition) is 6. The van der Waals surface area contributed by atoms with E-state index in [9.17, 15) is 0 Å². The van der Waals surface area contributed by atoms with Crippen LogP contribution in [0.4, 0.5) is 0 Å². The zero-order chi connectivity index (χ0) is 9.80. The zero-order valence-corrected chi connectivity index (χ0v) is 7.62. The molecule has 0 amide bonds. The van der Waals surface area contributed by atoms with Crippen molar-refractivity contribution in [3.05, 3.63) is 24.3 Å². The molecule has 0 bridgehead atoms. The summed E-state index contributed by atoms with van der Waals surface area (Å²) in [6.45, 7) is 1.94. The Morgan fingerprint density at radius 2 is 1.57 bits per heavy atom. The van der Waals surface area contributed by atoms with Crippen molar-refractivity contribution in [1.82, 2.24) is 30.4 Å². The highest BCUT2D eigenvalue weighted by atomic mass is 15.3. The van der Waals surface area contributed by atoms with Gasteiger partial charge in [-0.3, -0.25) is 0 Å². The molecule has 6 nitrogen and oxygen atoms in total. The van der Waals surface area contributed by atoms with Gasteiger partial charge in [-0.2, -0.15) is 0 Å². The van der Waals surface area contributed by atoms with Crippen molar-refractivity contribution < 1.29 is 0 Å². The Kier molecular flexibility index (Phi) is 2.35. The van der Waals surface area contributed by atoms with Crippen LogP contribution in [0.5, 0.6) is 0 Å². The van der Waals surface area contributed by atoms with Gasteiger partial charge in [-0.25, -0.2) is 9.97 Å². The summed E-state index contributed by atoms with van der Waals surface area (Å²) in [5.41, 5.74) is 0. The molecule has 0 aliphatic heterocycles. The Bertz CT molecular complexity index is 398. The Morgan fingerprint density at radius 3 is 2.14 bits per heavy atom. The predicted octanol–water partition coefficient (Wildman–Crippen LogP) is 0.286. The minimum Gasteiger partial charge on any atom is -0.234 e. The number of nitrogens with zero attached hydrogens (tertiary/aromatic N) is 6. The van der Waals surface area contributed by atoms with Crippen molar-refractivity contribution >= 4 is 0 Å². The highest BCUT2D eigenvalue weighted by Crippen LogP contribution is 2.03. The predicted molar refractivity (Wildman–Crippen MR) is 48.0 cm³/mol. The molecule has 2 aromatic heterocycles. The molecule has 2 aromatic rings. The van der Waals surface area contributed by atoms with Gasteiger partial charge >= 0.3 is 0 Å². The van der Waals surface area contributed by atoms with Crippen molar-refractivity contribution in [1.29, 1.82) is 0 Å². The summed E-state index contributed by atoms with van der Waals surface area (Å²) in [5, 5.41) is 15.5. The molecule has 0 aliphatic carbocycles. The van der Waals surface area contributed by atoms with Crippen molar-refractivity contribution in [2.75, 3.05) is 0 Å². The Morgan fingerprint density at radius 1 is 0.929 bits per heavy atom. The van der Waals surface area contributed by atoms with Gasteiger partial charge < -0.3 is 0 Å². The monoisotopic (exact) mass is 188 g/mol. The molecule has 0 spiro atoms. The third-order valence-corrected chi connectivity index (χ3v) is 1.60. The molecule has 0 aromatic carbocycles. The molecule has 14 heavy (non-hydrogen) atoms. The van der Waals surface area contributed by atoms with E-state index in [-0.39, 0.29) is 0 Å². The van der Waals surface area contributed by atoms with Crippen LogP contribution in [0.25, 0.3) is 11.6 Å². The van der Waals surface area contributed by atoms with Crippen molar-refractivity contribution in [2.24, 2.45) is 0 Å². The normalized spacial score (nSPS) is 10.1. The van der Waals surface area contributed by atoms with Crippen molar-refractivity contribution in [3.8, 4) is 11.6 Å². The summed E-state index contributed by atoms with van der Waals surface area (Å²) < 4.78 is 0. The minimum absolute atomic E-state index is 0.350. The lowest BCUT2D eigenvalue weighted by atomic mass is 10.5. The van der Waals surface area contributed by atoms with Crippen LogP contribution >= 0.6 is 0 Å². The van der Waals surface area contributed by atoms with Gasteiger partial charge in [0.1, 0.15) is 0 Å². The molecule has 0 unspecified atom stereocenters. The minimum atomic E-state index is 0.350. The van der Waals surface area contributed by atoms with Crippen molar-refractivity contribution in [3.63, 3.8) is 0 Å². The molecule has 0 radical (unpaired) electrons. The lowest BCUT2D eigenvalue weighted by Gasteiger charge is -1.95. The maximum Gasteiger partial charge on any atom is 0.240 e. The first-order valence-electron chi connectivity index (χ1n) is 4.24. The smallest absolute Gasteiger partial charge is 0.234 e. The fraction of sp³-hybridized carbons (Fsp3) is 0.250. The standard InChI is InChI=1S/C8H8N6/c1-2-6-11-13-8(14-12-6)7-9-4-3-5-10-7/h3-5H,2H2,1H3. The van der Waals surface area contributed by atoms with E-state index in [2.05, 4.69) is 30.4 Å². The first-order valence-corrected chi connectivity index (χ1v) is 4.24. The molecule has 0 N–H and O–H groups in total.